The fourth-order valence-electron chi connectivity index (χ4n) is 3.97. The summed E-state index contributed by atoms with van der Waals surface area (Å²) in [6.45, 7) is 11.3. The number of hydrogen-bond donors (Lipinski definition) is 0. The Morgan fingerprint density at radius 1 is 1.04 bits per heavy atom. The monoisotopic (exact) mass is 338 g/mol. The fraction of sp³-hybridized carbons (Fsp3) is 0.526. The van der Waals surface area contributed by atoms with Crippen LogP contribution in [0, 0.1) is 27.7 Å². The van der Waals surface area contributed by atoms with Crippen molar-refractivity contribution >= 4 is 5.78 Å². The third kappa shape index (κ3) is 3.18. The van der Waals surface area contributed by atoms with E-state index in [0.29, 0.717) is 6.04 Å². The van der Waals surface area contributed by atoms with E-state index >= 15 is 0 Å². The molecule has 6 nitrogen and oxygen atoms in total. The zero-order valence-electron chi connectivity index (χ0n) is 15.5. The van der Waals surface area contributed by atoms with Gasteiger partial charge in [0, 0.05) is 35.9 Å². The van der Waals surface area contributed by atoms with Crippen molar-refractivity contribution in [1.29, 1.82) is 0 Å². The van der Waals surface area contributed by atoms with E-state index in [1.165, 1.54) is 24.2 Å². The Morgan fingerprint density at radius 2 is 1.84 bits per heavy atom. The minimum absolute atomic E-state index is 0.526. The zero-order valence-corrected chi connectivity index (χ0v) is 15.5. The molecule has 132 valence electrons. The summed E-state index contributed by atoms with van der Waals surface area (Å²) < 4.78 is 4.24. The van der Waals surface area contributed by atoms with Crippen LogP contribution in [0.4, 0.5) is 0 Å². The summed E-state index contributed by atoms with van der Waals surface area (Å²) in [7, 11) is 0. The summed E-state index contributed by atoms with van der Waals surface area (Å²) in [6, 6.07) is 4.77. The van der Waals surface area contributed by atoms with Gasteiger partial charge in [-0.05, 0) is 59.2 Å². The van der Waals surface area contributed by atoms with Gasteiger partial charge in [-0.3, -0.25) is 14.0 Å². The van der Waals surface area contributed by atoms with Crippen molar-refractivity contribution in [2.75, 3.05) is 6.54 Å². The van der Waals surface area contributed by atoms with Gasteiger partial charge in [0.05, 0.1) is 17.9 Å². The SMILES string of the molecule is Cc1cc(C)n2cc(CN3CCCC3Cn3nc(C)cc3C)nc2n1. The molecule has 0 radical (unpaired) electrons. The van der Waals surface area contributed by atoms with Gasteiger partial charge >= 0.3 is 0 Å². The van der Waals surface area contributed by atoms with E-state index in [1.807, 2.05) is 6.92 Å². The van der Waals surface area contributed by atoms with E-state index < -0.39 is 0 Å². The third-order valence-electron chi connectivity index (χ3n) is 5.16. The molecule has 3 aromatic rings. The van der Waals surface area contributed by atoms with E-state index in [4.69, 9.17) is 4.98 Å². The molecule has 1 aliphatic heterocycles. The summed E-state index contributed by atoms with van der Waals surface area (Å²) in [6.07, 6.45) is 4.60. The first-order chi connectivity index (χ1) is 12.0. The highest BCUT2D eigenvalue weighted by molar-refractivity contribution is 5.34. The molecular weight excluding hydrogens is 312 g/mol. The first-order valence-corrected chi connectivity index (χ1v) is 9.07. The normalized spacial score (nSPS) is 18.5. The maximum absolute atomic E-state index is 4.75. The Bertz CT molecular complexity index is 906. The van der Waals surface area contributed by atoms with Crippen LogP contribution in [0.2, 0.25) is 0 Å². The first-order valence-electron chi connectivity index (χ1n) is 9.07. The Labute approximate surface area is 148 Å². The van der Waals surface area contributed by atoms with Crippen molar-refractivity contribution in [2.45, 2.75) is 59.7 Å². The first kappa shape index (κ1) is 16.3. The van der Waals surface area contributed by atoms with Gasteiger partial charge in [-0.15, -0.1) is 0 Å². The maximum atomic E-state index is 4.75. The van der Waals surface area contributed by atoms with Crippen LogP contribution in [0.1, 0.15) is 41.3 Å². The van der Waals surface area contributed by atoms with E-state index in [0.717, 1.165) is 42.5 Å². The lowest BCUT2D eigenvalue weighted by molar-refractivity contribution is 0.216. The summed E-state index contributed by atoms with van der Waals surface area (Å²) in [5.74, 6) is 0.807. The second-order valence-corrected chi connectivity index (χ2v) is 7.32. The lowest BCUT2D eigenvalue weighted by Crippen LogP contribution is -2.33. The number of aromatic nitrogens is 5. The number of hydrogen-bond acceptors (Lipinski definition) is 4. The summed E-state index contributed by atoms with van der Waals surface area (Å²) in [4.78, 5) is 11.8. The van der Waals surface area contributed by atoms with Crippen LogP contribution in [0.3, 0.4) is 0 Å². The van der Waals surface area contributed by atoms with E-state index in [2.05, 4.69) is 63.2 Å². The average Bonchev–Trinajstić information content (AvgIpc) is 3.21. The third-order valence-corrected chi connectivity index (χ3v) is 5.16. The molecule has 0 aliphatic carbocycles. The molecule has 0 amide bonds. The standard InChI is InChI=1S/C19H26N6/c1-13-8-15(3)24-11-17(21-19(24)20-13)10-23-7-5-6-18(23)12-25-16(4)9-14(2)22-25/h8-9,11,18H,5-7,10,12H2,1-4H3. The molecule has 4 heterocycles. The van der Waals surface area contributed by atoms with Gasteiger partial charge in [0.1, 0.15) is 0 Å². The molecule has 1 unspecified atom stereocenters. The van der Waals surface area contributed by atoms with Crippen LogP contribution in [-0.2, 0) is 13.1 Å². The molecule has 4 rings (SSSR count). The lowest BCUT2D eigenvalue weighted by Gasteiger charge is -2.24. The number of imidazole rings is 1. The van der Waals surface area contributed by atoms with Crippen molar-refractivity contribution in [3.63, 3.8) is 0 Å². The molecule has 1 atom stereocenters. The van der Waals surface area contributed by atoms with Crippen LogP contribution in [0.5, 0.6) is 0 Å². The van der Waals surface area contributed by atoms with Crippen LogP contribution in [-0.4, -0.2) is 41.6 Å². The minimum Gasteiger partial charge on any atom is -0.293 e. The summed E-state index contributed by atoms with van der Waals surface area (Å²) in [5.41, 5.74) is 5.64. The average molecular weight is 338 g/mol. The molecule has 6 heteroatoms. The second-order valence-electron chi connectivity index (χ2n) is 7.32. The highest BCUT2D eigenvalue weighted by Gasteiger charge is 2.26. The molecule has 0 spiro atoms. The largest absolute Gasteiger partial charge is 0.293 e. The Balaban J connectivity index is 1.53. The Kier molecular flexibility index (Phi) is 4.07. The number of rotatable bonds is 4. The molecule has 0 saturated carbocycles. The molecule has 1 saturated heterocycles. The van der Waals surface area contributed by atoms with Crippen LogP contribution in [0.25, 0.3) is 5.78 Å². The number of likely N-dealkylation sites (tertiary alicyclic amines) is 1. The van der Waals surface area contributed by atoms with Crippen LogP contribution >= 0.6 is 0 Å². The van der Waals surface area contributed by atoms with Gasteiger partial charge in [0.15, 0.2) is 0 Å². The second kappa shape index (κ2) is 6.26. The van der Waals surface area contributed by atoms with Crippen molar-refractivity contribution < 1.29 is 0 Å². The lowest BCUT2D eigenvalue weighted by atomic mass is 10.2. The van der Waals surface area contributed by atoms with Crippen LogP contribution in [0.15, 0.2) is 18.3 Å². The topological polar surface area (TPSA) is 51.2 Å². The Morgan fingerprint density at radius 3 is 2.60 bits per heavy atom. The molecule has 3 aromatic heterocycles. The molecule has 25 heavy (non-hydrogen) atoms. The van der Waals surface area contributed by atoms with Gasteiger partial charge < -0.3 is 0 Å². The highest BCUT2D eigenvalue weighted by atomic mass is 15.3. The predicted octanol–water partition coefficient (Wildman–Crippen LogP) is 2.82. The van der Waals surface area contributed by atoms with Gasteiger partial charge in [-0.1, -0.05) is 0 Å². The van der Waals surface area contributed by atoms with E-state index in [1.54, 1.807) is 0 Å². The number of nitrogens with zero attached hydrogens (tertiary/aromatic N) is 6. The van der Waals surface area contributed by atoms with Crippen molar-refractivity contribution in [1.82, 2.24) is 29.0 Å². The van der Waals surface area contributed by atoms with Crippen molar-refractivity contribution in [3.8, 4) is 0 Å². The quantitative estimate of drug-likeness (QED) is 0.734. The van der Waals surface area contributed by atoms with Crippen molar-refractivity contribution in [2.24, 2.45) is 0 Å². The van der Waals surface area contributed by atoms with E-state index in [-0.39, 0.29) is 0 Å². The van der Waals surface area contributed by atoms with Gasteiger partial charge in [-0.2, -0.15) is 5.10 Å². The molecule has 0 N–H and O–H groups in total. The number of fused-ring (bicyclic) bond motifs is 1. The molecule has 0 aromatic carbocycles. The van der Waals surface area contributed by atoms with Crippen molar-refractivity contribution in [3.05, 3.63) is 46.8 Å². The molecule has 0 bridgehead atoms. The Hall–Kier alpha value is -2.21. The molecule has 1 aliphatic rings. The fourth-order valence-corrected chi connectivity index (χ4v) is 3.97. The highest BCUT2D eigenvalue weighted by Crippen LogP contribution is 2.22. The van der Waals surface area contributed by atoms with Gasteiger partial charge in [0.2, 0.25) is 5.78 Å². The summed E-state index contributed by atoms with van der Waals surface area (Å²) in [5, 5.41) is 4.63. The minimum atomic E-state index is 0.526. The zero-order chi connectivity index (χ0) is 17.6. The van der Waals surface area contributed by atoms with Gasteiger partial charge in [0.25, 0.3) is 0 Å². The van der Waals surface area contributed by atoms with Crippen LogP contribution < -0.4 is 0 Å². The predicted molar refractivity (Wildman–Crippen MR) is 97.6 cm³/mol. The molecular formula is C19H26N6. The smallest absolute Gasteiger partial charge is 0.234 e. The maximum Gasteiger partial charge on any atom is 0.234 e. The van der Waals surface area contributed by atoms with Gasteiger partial charge in [-0.25, -0.2) is 9.97 Å². The van der Waals surface area contributed by atoms with E-state index in [9.17, 15) is 0 Å². The molecule has 1 fully saturated rings. The number of aryl methyl sites for hydroxylation is 4. The summed E-state index contributed by atoms with van der Waals surface area (Å²) >= 11 is 0.